The van der Waals surface area contributed by atoms with Crippen LogP contribution >= 0.6 is 38.5 Å². The minimum absolute atomic E-state index is 0.123. The van der Waals surface area contributed by atoms with Crippen molar-refractivity contribution in [2.45, 2.75) is 18.3 Å². The SMILES string of the molecule is OCc1c(I)cnc(OC(F)(F)F)c1CBr. The summed E-state index contributed by atoms with van der Waals surface area (Å²) in [6.45, 7) is -0.365. The van der Waals surface area contributed by atoms with Gasteiger partial charge in [-0.05, 0) is 22.6 Å². The molecule has 0 amide bonds. The third-order valence-corrected chi connectivity index (χ3v) is 3.20. The van der Waals surface area contributed by atoms with Gasteiger partial charge in [0.2, 0.25) is 5.88 Å². The monoisotopic (exact) mass is 411 g/mol. The van der Waals surface area contributed by atoms with Crippen molar-refractivity contribution < 1.29 is 23.0 Å². The van der Waals surface area contributed by atoms with E-state index in [0.29, 0.717) is 9.13 Å². The quantitative estimate of drug-likeness (QED) is 0.614. The number of ether oxygens (including phenoxy) is 1. The lowest BCUT2D eigenvalue weighted by molar-refractivity contribution is -0.276. The highest BCUT2D eigenvalue weighted by Crippen LogP contribution is 2.30. The topological polar surface area (TPSA) is 42.4 Å². The Balaban J connectivity index is 3.19. The zero-order chi connectivity index (χ0) is 12.3. The van der Waals surface area contributed by atoms with E-state index in [-0.39, 0.29) is 17.5 Å². The Morgan fingerprint density at radius 2 is 2.06 bits per heavy atom. The molecule has 0 spiro atoms. The van der Waals surface area contributed by atoms with E-state index in [9.17, 15) is 13.2 Å². The van der Waals surface area contributed by atoms with Crippen LogP contribution in [0.4, 0.5) is 13.2 Å². The van der Waals surface area contributed by atoms with Crippen molar-refractivity contribution in [2.75, 3.05) is 0 Å². The maximum atomic E-state index is 12.1. The van der Waals surface area contributed by atoms with Crippen molar-refractivity contribution >= 4 is 38.5 Å². The molecule has 1 rings (SSSR count). The lowest BCUT2D eigenvalue weighted by Gasteiger charge is -2.14. The lowest BCUT2D eigenvalue weighted by atomic mass is 10.1. The van der Waals surface area contributed by atoms with E-state index < -0.39 is 12.2 Å². The fraction of sp³-hybridized carbons (Fsp3) is 0.375. The Morgan fingerprint density at radius 3 is 2.50 bits per heavy atom. The smallest absolute Gasteiger partial charge is 0.392 e. The Bertz CT molecular complexity index is 386. The summed E-state index contributed by atoms with van der Waals surface area (Å²) in [6.07, 6.45) is -3.57. The average Bonchev–Trinajstić information content (AvgIpc) is 2.18. The van der Waals surface area contributed by atoms with Gasteiger partial charge in [0.15, 0.2) is 0 Å². The van der Waals surface area contributed by atoms with Gasteiger partial charge in [-0.15, -0.1) is 13.2 Å². The predicted octanol–water partition coefficient (Wildman–Crippen LogP) is 2.97. The van der Waals surface area contributed by atoms with Crippen LogP contribution in [0.15, 0.2) is 6.20 Å². The number of halogens is 5. The zero-order valence-corrected chi connectivity index (χ0v) is 11.4. The first-order valence-corrected chi connectivity index (χ1v) is 6.18. The van der Waals surface area contributed by atoms with Gasteiger partial charge in [0.25, 0.3) is 0 Å². The molecule has 0 radical (unpaired) electrons. The first-order valence-electron chi connectivity index (χ1n) is 3.98. The fourth-order valence-corrected chi connectivity index (χ4v) is 2.26. The van der Waals surface area contributed by atoms with Gasteiger partial charge >= 0.3 is 6.36 Å². The molecule has 0 aliphatic rings. The van der Waals surface area contributed by atoms with Crippen LogP contribution in [0.1, 0.15) is 11.1 Å². The molecule has 0 saturated heterocycles. The summed E-state index contributed by atoms with van der Waals surface area (Å²) in [5, 5.41) is 9.19. The van der Waals surface area contributed by atoms with Crippen LogP contribution < -0.4 is 4.74 Å². The number of nitrogens with zero attached hydrogens (tertiary/aromatic N) is 1. The van der Waals surface area contributed by atoms with Gasteiger partial charge in [0.05, 0.1) is 6.61 Å². The van der Waals surface area contributed by atoms with E-state index in [1.807, 2.05) is 22.6 Å². The first-order chi connectivity index (χ1) is 7.39. The number of aliphatic hydroxyl groups is 1. The molecular weight excluding hydrogens is 406 g/mol. The predicted molar refractivity (Wildman–Crippen MR) is 62.2 cm³/mol. The van der Waals surface area contributed by atoms with Gasteiger partial charge in [0, 0.05) is 26.2 Å². The molecule has 1 N–H and O–H groups in total. The van der Waals surface area contributed by atoms with Crippen molar-refractivity contribution in [1.29, 1.82) is 0 Å². The molecule has 16 heavy (non-hydrogen) atoms. The van der Waals surface area contributed by atoms with E-state index in [1.54, 1.807) is 0 Å². The second-order valence-corrected chi connectivity index (χ2v) is 4.43. The number of alkyl halides is 4. The van der Waals surface area contributed by atoms with Crippen molar-refractivity contribution in [2.24, 2.45) is 0 Å². The zero-order valence-electron chi connectivity index (χ0n) is 7.68. The highest BCUT2D eigenvalue weighted by Gasteiger charge is 2.33. The number of hydrogen-bond donors (Lipinski definition) is 1. The molecule has 1 heterocycles. The van der Waals surface area contributed by atoms with E-state index >= 15 is 0 Å². The Morgan fingerprint density at radius 1 is 1.44 bits per heavy atom. The molecular formula is C8H6BrF3INO2. The third-order valence-electron chi connectivity index (χ3n) is 1.71. The molecule has 3 nitrogen and oxygen atoms in total. The standard InChI is InChI=1S/C8H6BrF3INO2/c9-1-4-5(3-15)6(13)2-14-7(4)16-8(10,11)12/h2,15H,1,3H2. The van der Waals surface area contributed by atoms with Gasteiger partial charge < -0.3 is 9.84 Å². The van der Waals surface area contributed by atoms with Crippen LogP contribution in [0.2, 0.25) is 0 Å². The maximum absolute atomic E-state index is 12.1. The Labute approximate surface area is 111 Å². The summed E-state index contributed by atoms with van der Waals surface area (Å²) < 4.78 is 40.5. The molecule has 90 valence electrons. The molecule has 0 aliphatic carbocycles. The van der Waals surface area contributed by atoms with E-state index in [1.165, 1.54) is 6.20 Å². The molecule has 0 atom stereocenters. The largest absolute Gasteiger partial charge is 0.574 e. The number of rotatable bonds is 3. The maximum Gasteiger partial charge on any atom is 0.574 e. The fourth-order valence-electron chi connectivity index (χ4n) is 1.05. The van der Waals surface area contributed by atoms with Crippen LogP contribution in [0.5, 0.6) is 5.88 Å². The minimum Gasteiger partial charge on any atom is -0.392 e. The van der Waals surface area contributed by atoms with Crippen molar-refractivity contribution in [3.8, 4) is 5.88 Å². The summed E-state index contributed by atoms with van der Waals surface area (Å²) in [5.74, 6) is -0.533. The molecule has 1 aromatic heterocycles. The molecule has 0 fully saturated rings. The summed E-state index contributed by atoms with van der Waals surface area (Å²) in [7, 11) is 0. The Kier molecular flexibility index (Phi) is 4.80. The van der Waals surface area contributed by atoms with Crippen molar-refractivity contribution in [1.82, 2.24) is 4.98 Å². The van der Waals surface area contributed by atoms with Crippen LogP contribution in [-0.2, 0) is 11.9 Å². The number of hydrogen-bond acceptors (Lipinski definition) is 3. The van der Waals surface area contributed by atoms with E-state index in [0.717, 1.165) is 0 Å². The highest BCUT2D eigenvalue weighted by atomic mass is 127. The summed E-state index contributed by atoms with van der Waals surface area (Å²) in [6, 6.07) is 0. The Hall–Kier alpha value is -0.0900. The van der Waals surface area contributed by atoms with Gasteiger partial charge in [-0.25, -0.2) is 4.98 Å². The highest BCUT2D eigenvalue weighted by molar-refractivity contribution is 14.1. The minimum atomic E-state index is -4.79. The van der Waals surface area contributed by atoms with Crippen LogP contribution in [0.25, 0.3) is 0 Å². The second kappa shape index (κ2) is 5.50. The van der Waals surface area contributed by atoms with Crippen LogP contribution in [0, 0.1) is 3.57 Å². The van der Waals surface area contributed by atoms with Gasteiger partial charge in [0.1, 0.15) is 0 Å². The molecule has 0 aromatic carbocycles. The van der Waals surface area contributed by atoms with E-state index in [2.05, 4.69) is 25.7 Å². The lowest BCUT2D eigenvalue weighted by Crippen LogP contribution is -2.19. The first kappa shape index (κ1) is 14.0. The van der Waals surface area contributed by atoms with Gasteiger partial charge in [-0.3, -0.25) is 0 Å². The number of aliphatic hydroxyl groups excluding tert-OH is 1. The molecule has 0 unspecified atom stereocenters. The summed E-state index contributed by atoms with van der Waals surface area (Å²) in [4.78, 5) is 3.55. The number of aromatic nitrogens is 1. The summed E-state index contributed by atoms with van der Waals surface area (Å²) in [5.41, 5.74) is 0.582. The van der Waals surface area contributed by atoms with Gasteiger partial charge in [-0.1, -0.05) is 15.9 Å². The van der Waals surface area contributed by atoms with E-state index in [4.69, 9.17) is 5.11 Å². The molecule has 8 heteroatoms. The molecule has 0 bridgehead atoms. The van der Waals surface area contributed by atoms with Gasteiger partial charge in [-0.2, -0.15) is 0 Å². The van der Waals surface area contributed by atoms with Crippen molar-refractivity contribution in [3.63, 3.8) is 0 Å². The second-order valence-electron chi connectivity index (χ2n) is 2.71. The third kappa shape index (κ3) is 3.45. The normalized spacial score (nSPS) is 11.6. The molecule has 0 saturated carbocycles. The molecule has 0 aliphatic heterocycles. The summed E-state index contributed by atoms with van der Waals surface area (Å²) >= 11 is 4.92. The average molecular weight is 412 g/mol. The number of pyridine rings is 1. The van der Waals surface area contributed by atoms with Crippen molar-refractivity contribution in [3.05, 3.63) is 20.9 Å². The van der Waals surface area contributed by atoms with Crippen LogP contribution in [-0.4, -0.2) is 16.5 Å². The molecule has 1 aromatic rings. The van der Waals surface area contributed by atoms with Crippen LogP contribution in [0.3, 0.4) is 0 Å².